The fourth-order valence-corrected chi connectivity index (χ4v) is 4.23. The maximum absolute atomic E-state index is 14.7. The number of hydrogen-bond acceptors (Lipinski definition) is 7. The molecule has 10 heteroatoms. The predicted octanol–water partition coefficient (Wildman–Crippen LogP) is 2.55. The topological polar surface area (TPSA) is 102 Å². The highest BCUT2D eigenvalue weighted by molar-refractivity contribution is 8.13. The molecule has 2 aromatic rings. The molecule has 0 bridgehead atoms. The number of nitrogens with one attached hydrogen (secondary N) is 1. The molecule has 28 heavy (non-hydrogen) atoms. The van der Waals surface area contributed by atoms with Gasteiger partial charge in [-0.3, -0.25) is 4.79 Å². The van der Waals surface area contributed by atoms with Crippen LogP contribution in [0, 0.1) is 17.7 Å². The Morgan fingerprint density at radius 3 is 2.89 bits per heavy atom. The molecule has 1 aromatic heterocycles. The first-order chi connectivity index (χ1) is 13.0. The van der Waals surface area contributed by atoms with Crippen LogP contribution in [-0.2, 0) is 10.3 Å². The van der Waals surface area contributed by atoms with Gasteiger partial charge < -0.3 is 15.8 Å². The third kappa shape index (κ3) is 3.57. The van der Waals surface area contributed by atoms with Crippen molar-refractivity contribution in [3.63, 3.8) is 0 Å². The molecule has 1 amide bonds. The minimum absolute atomic E-state index is 0. The van der Waals surface area contributed by atoms with E-state index in [9.17, 15) is 13.6 Å². The average molecular weight is 407 g/mol. The summed E-state index contributed by atoms with van der Waals surface area (Å²) < 4.78 is 33.1. The van der Waals surface area contributed by atoms with E-state index in [1.165, 1.54) is 30.0 Å². The second kappa shape index (κ2) is 7.80. The highest BCUT2D eigenvalue weighted by atomic mass is 32.2. The Hall–Kier alpha value is -2.59. The van der Waals surface area contributed by atoms with Crippen molar-refractivity contribution in [2.45, 2.75) is 13.0 Å². The number of amides is 1. The number of thioether (sulfide) groups is 1. The van der Waals surface area contributed by atoms with Gasteiger partial charge in [-0.15, -0.1) is 0 Å². The van der Waals surface area contributed by atoms with Crippen LogP contribution in [0.5, 0.6) is 0 Å². The Labute approximate surface area is 164 Å². The zero-order valence-electron chi connectivity index (χ0n) is 14.0. The minimum Gasteiger partial charge on any atom is -0.379 e. The van der Waals surface area contributed by atoms with Gasteiger partial charge in [0.2, 0.25) is 5.95 Å². The van der Waals surface area contributed by atoms with E-state index in [0.717, 1.165) is 12.4 Å². The van der Waals surface area contributed by atoms with Crippen molar-refractivity contribution in [3.05, 3.63) is 53.6 Å². The number of ether oxygens (including phenoxy) is 1. The van der Waals surface area contributed by atoms with E-state index in [1.54, 1.807) is 0 Å². The maximum Gasteiger partial charge on any atom is 0.275 e. The Morgan fingerprint density at radius 1 is 1.32 bits per heavy atom. The molecule has 4 rings (SSSR count). The lowest BCUT2D eigenvalue weighted by molar-refractivity contribution is 0.102. The number of carbonyl (C=O) groups is 1. The molecule has 0 saturated carbocycles. The number of carbonyl (C=O) groups excluding carboxylic acids is 1. The first-order valence-corrected chi connectivity index (χ1v) is 9.11. The number of anilines is 1. The molecular weight excluding hydrogens is 388 g/mol. The van der Waals surface area contributed by atoms with Crippen molar-refractivity contribution < 1.29 is 18.3 Å². The van der Waals surface area contributed by atoms with Crippen molar-refractivity contribution >= 4 is 28.5 Å². The molecule has 0 aliphatic carbocycles. The summed E-state index contributed by atoms with van der Waals surface area (Å²) in [7, 11) is 0. The SMILES string of the molecule is C.NC1=N[C@@]2(c3cc(NC(=O)c4cnc(F)cn4)ccc3F)COC[C@H]2CS1. The Balaban J connectivity index is 0.00000225. The van der Waals surface area contributed by atoms with E-state index in [1.807, 2.05) is 0 Å². The molecule has 2 aliphatic heterocycles. The van der Waals surface area contributed by atoms with E-state index in [-0.39, 0.29) is 25.6 Å². The standard InChI is InChI=1S/C17H15F2N5O2S.CH4/c18-12-2-1-10(23-15(25)13-4-22-14(19)5-21-13)3-11(12)17-8-26-6-9(17)7-27-16(20)24-17;/h1-5,9H,6-8H2,(H2,20,24)(H,23,25);1H4/t9-,17-;/m0./s1. The number of amidine groups is 1. The van der Waals surface area contributed by atoms with Crippen LogP contribution < -0.4 is 11.1 Å². The molecule has 3 heterocycles. The lowest BCUT2D eigenvalue weighted by Gasteiger charge is -2.34. The third-order valence-electron chi connectivity index (χ3n) is 4.60. The smallest absolute Gasteiger partial charge is 0.275 e. The summed E-state index contributed by atoms with van der Waals surface area (Å²) in [4.78, 5) is 23.9. The van der Waals surface area contributed by atoms with Gasteiger partial charge >= 0.3 is 0 Å². The van der Waals surface area contributed by atoms with Gasteiger partial charge in [0.1, 0.15) is 17.1 Å². The first kappa shape index (κ1) is 20.2. The third-order valence-corrected chi connectivity index (χ3v) is 5.56. The summed E-state index contributed by atoms with van der Waals surface area (Å²) in [5, 5.41) is 3.00. The van der Waals surface area contributed by atoms with Crippen LogP contribution in [0.3, 0.4) is 0 Å². The number of aromatic nitrogens is 2. The molecule has 148 valence electrons. The van der Waals surface area contributed by atoms with Gasteiger partial charge in [0.15, 0.2) is 5.17 Å². The number of halogens is 2. The Kier molecular flexibility index (Phi) is 5.61. The zero-order valence-corrected chi connectivity index (χ0v) is 14.8. The zero-order chi connectivity index (χ0) is 19.0. The molecular formula is C18H19F2N5O2S. The van der Waals surface area contributed by atoms with Crippen LogP contribution >= 0.6 is 11.8 Å². The number of fused-ring (bicyclic) bond motifs is 1. The van der Waals surface area contributed by atoms with Crippen LogP contribution in [0.4, 0.5) is 14.5 Å². The Morgan fingerprint density at radius 2 is 2.14 bits per heavy atom. The van der Waals surface area contributed by atoms with E-state index < -0.39 is 23.2 Å². The molecule has 0 spiro atoms. The summed E-state index contributed by atoms with van der Waals surface area (Å²) in [5.41, 5.74) is 5.60. The van der Waals surface area contributed by atoms with Crippen molar-refractivity contribution in [1.29, 1.82) is 0 Å². The van der Waals surface area contributed by atoms with Crippen molar-refractivity contribution in [2.24, 2.45) is 16.6 Å². The molecule has 3 N–H and O–H groups in total. The second-order valence-electron chi connectivity index (χ2n) is 6.27. The van der Waals surface area contributed by atoms with Crippen LogP contribution in [0.15, 0.2) is 35.6 Å². The van der Waals surface area contributed by atoms with Crippen molar-refractivity contribution in [3.8, 4) is 0 Å². The van der Waals surface area contributed by atoms with Crippen LogP contribution in [0.2, 0.25) is 0 Å². The fourth-order valence-electron chi connectivity index (χ4n) is 3.25. The number of benzene rings is 1. The van der Waals surface area contributed by atoms with E-state index in [0.29, 0.717) is 28.8 Å². The van der Waals surface area contributed by atoms with Crippen LogP contribution in [0.25, 0.3) is 0 Å². The van der Waals surface area contributed by atoms with Gasteiger partial charge in [-0.1, -0.05) is 19.2 Å². The highest BCUT2D eigenvalue weighted by Gasteiger charge is 2.49. The lowest BCUT2D eigenvalue weighted by Crippen LogP contribution is -2.40. The number of rotatable bonds is 3. The van der Waals surface area contributed by atoms with Gasteiger partial charge in [0.25, 0.3) is 5.91 Å². The van der Waals surface area contributed by atoms with E-state index >= 15 is 0 Å². The molecule has 7 nitrogen and oxygen atoms in total. The van der Waals surface area contributed by atoms with E-state index in [2.05, 4.69) is 20.3 Å². The minimum atomic E-state index is -0.907. The number of nitrogens with zero attached hydrogens (tertiary/aromatic N) is 3. The molecule has 0 radical (unpaired) electrons. The summed E-state index contributed by atoms with van der Waals surface area (Å²) in [6.07, 6.45) is 1.87. The first-order valence-electron chi connectivity index (χ1n) is 8.13. The van der Waals surface area contributed by atoms with Crippen molar-refractivity contribution in [1.82, 2.24) is 9.97 Å². The molecule has 2 atom stereocenters. The number of hydrogen-bond donors (Lipinski definition) is 2. The van der Waals surface area contributed by atoms with Gasteiger partial charge in [-0.05, 0) is 18.2 Å². The molecule has 1 fully saturated rings. The molecule has 1 aromatic carbocycles. The average Bonchev–Trinajstić information content (AvgIpc) is 3.07. The Bertz CT molecular complexity index is 925. The second-order valence-corrected chi connectivity index (χ2v) is 7.31. The van der Waals surface area contributed by atoms with Gasteiger partial charge in [0.05, 0.1) is 25.6 Å². The van der Waals surface area contributed by atoms with Gasteiger partial charge in [-0.2, -0.15) is 4.39 Å². The van der Waals surface area contributed by atoms with E-state index in [4.69, 9.17) is 10.5 Å². The maximum atomic E-state index is 14.7. The predicted molar refractivity (Wildman–Crippen MR) is 103 cm³/mol. The van der Waals surface area contributed by atoms with Crippen LogP contribution in [-0.4, -0.2) is 40.0 Å². The van der Waals surface area contributed by atoms with Crippen molar-refractivity contribution in [2.75, 3.05) is 24.3 Å². The summed E-state index contributed by atoms with van der Waals surface area (Å²) in [6.45, 7) is 0.682. The number of nitrogens with two attached hydrogens (primary N) is 1. The lowest BCUT2D eigenvalue weighted by atomic mass is 9.81. The summed E-state index contributed by atoms with van der Waals surface area (Å²) >= 11 is 1.42. The van der Waals surface area contributed by atoms with Crippen LogP contribution in [0.1, 0.15) is 23.5 Å². The quantitative estimate of drug-likeness (QED) is 0.811. The number of aliphatic imine (C=N–C) groups is 1. The highest BCUT2D eigenvalue weighted by Crippen LogP contribution is 2.45. The largest absolute Gasteiger partial charge is 0.379 e. The summed E-state index contributed by atoms with van der Waals surface area (Å²) in [6, 6.07) is 4.22. The molecule has 0 unspecified atom stereocenters. The summed E-state index contributed by atoms with van der Waals surface area (Å²) in [5.74, 6) is -1.16. The monoisotopic (exact) mass is 407 g/mol. The normalized spacial score (nSPS) is 23.4. The fraction of sp³-hybridized carbons (Fsp3) is 0.333. The molecule has 1 saturated heterocycles. The van der Waals surface area contributed by atoms with Gasteiger partial charge in [0, 0.05) is 22.9 Å². The molecule has 2 aliphatic rings. The van der Waals surface area contributed by atoms with Gasteiger partial charge in [-0.25, -0.2) is 19.4 Å².